The van der Waals surface area contributed by atoms with Gasteiger partial charge in [-0.25, -0.2) is 0 Å². The molecule has 4 nitrogen and oxygen atoms in total. The van der Waals surface area contributed by atoms with Crippen molar-refractivity contribution in [1.29, 1.82) is 0 Å². The lowest BCUT2D eigenvalue weighted by molar-refractivity contribution is -0.136. The average molecular weight is 240 g/mol. The van der Waals surface area contributed by atoms with E-state index < -0.39 is 0 Å². The molecule has 98 valence electrons. The fourth-order valence-corrected chi connectivity index (χ4v) is 2.70. The molecule has 2 rings (SSSR count). The quantitative estimate of drug-likeness (QED) is 0.758. The molecule has 2 aliphatic carbocycles. The molecule has 17 heavy (non-hydrogen) atoms. The van der Waals surface area contributed by atoms with Crippen LogP contribution < -0.4 is 11.1 Å². The van der Waals surface area contributed by atoms with E-state index in [4.69, 9.17) is 10.5 Å². The van der Waals surface area contributed by atoms with Gasteiger partial charge in [-0.05, 0) is 31.6 Å². The zero-order chi connectivity index (χ0) is 12.3. The fourth-order valence-electron chi connectivity index (χ4n) is 2.70. The van der Waals surface area contributed by atoms with Gasteiger partial charge in [0.1, 0.15) is 6.61 Å². The highest BCUT2D eigenvalue weighted by molar-refractivity contribution is 5.77. The second-order valence-electron chi connectivity index (χ2n) is 5.72. The Balaban J connectivity index is 1.78. The number of amides is 1. The van der Waals surface area contributed by atoms with E-state index >= 15 is 0 Å². The van der Waals surface area contributed by atoms with Gasteiger partial charge in [0.2, 0.25) is 5.91 Å². The van der Waals surface area contributed by atoms with E-state index in [0.29, 0.717) is 18.5 Å². The first-order valence-electron chi connectivity index (χ1n) is 6.77. The second-order valence-corrected chi connectivity index (χ2v) is 5.72. The predicted octanol–water partition coefficient (Wildman–Crippen LogP) is 1.19. The number of hydrogen-bond donors (Lipinski definition) is 2. The molecular weight excluding hydrogens is 216 g/mol. The molecule has 2 atom stereocenters. The van der Waals surface area contributed by atoms with Crippen molar-refractivity contribution in [3.8, 4) is 0 Å². The zero-order valence-electron chi connectivity index (χ0n) is 10.7. The van der Waals surface area contributed by atoms with Crippen molar-refractivity contribution in [3.63, 3.8) is 0 Å². The highest BCUT2D eigenvalue weighted by Gasteiger charge is 2.35. The van der Waals surface area contributed by atoms with Crippen LogP contribution in [0.5, 0.6) is 0 Å². The molecule has 0 aromatic carbocycles. The summed E-state index contributed by atoms with van der Waals surface area (Å²) in [5.74, 6) is 0.664. The third-order valence-electron chi connectivity index (χ3n) is 3.87. The van der Waals surface area contributed by atoms with Crippen LogP contribution in [-0.2, 0) is 9.53 Å². The van der Waals surface area contributed by atoms with Gasteiger partial charge < -0.3 is 15.8 Å². The SMILES string of the molecule is CC1CCCC(CN)(OCC(=O)NC2CC2)C1. The highest BCUT2D eigenvalue weighted by Crippen LogP contribution is 2.34. The molecule has 4 heteroatoms. The number of nitrogens with two attached hydrogens (primary N) is 1. The van der Waals surface area contributed by atoms with Crippen LogP contribution >= 0.6 is 0 Å². The molecule has 2 fully saturated rings. The number of carbonyl (C=O) groups excluding carboxylic acids is 1. The molecule has 0 heterocycles. The second kappa shape index (κ2) is 5.36. The Labute approximate surface area is 103 Å². The minimum Gasteiger partial charge on any atom is -0.364 e. The summed E-state index contributed by atoms with van der Waals surface area (Å²) in [5.41, 5.74) is 5.59. The van der Waals surface area contributed by atoms with Crippen LogP contribution in [0.25, 0.3) is 0 Å². The van der Waals surface area contributed by atoms with Crippen LogP contribution in [-0.4, -0.2) is 30.7 Å². The summed E-state index contributed by atoms with van der Waals surface area (Å²) in [7, 11) is 0. The molecular formula is C13H24N2O2. The lowest BCUT2D eigenvalue weighted by atomic mass is 9.79. The van der Waals surface area contributed by atoms with E-state index in [1.165, 1.54) is 6.42 Å². The maximum atomic E-state index is 11.6. The van der Waals surface area contributed by atoms with E-state index in [-0.39, 0.29) is 18.1 Å². The summed E-state index contributed by atoms with van der Waals surface area (Å²) < 4.78 is 5.84. The maximum Gasteiger partial charge on any atom is 0.246 e. The summed E-state index contributed by atoms with van der Waals surface area (Å²) in [6, 6.07) is 0.408. The molecule has 0 radical (unpaired) electrons. The van der Waals surface area contributed by atoms with Gasteiger partial charge in [0.15, 0.2) is 0 Å². The van der Waals surface area contributed by atoms with Crippen LogP contribution in [0.3, 0.4) is 0 Å². The molecule has 0 aromatic heterocycles. The minimum absolute atomic E-state index is 0.0125. The van der Waals surface area contributed by atoms with Crippen LogP contribution in [0, 0.1) is 5.92 Å². The summed E-state index contributed by atoms with van der Waals surface area (Å²) in [6.07, 6.45) is 6.61. The van der Waals surface area contributed by atoms with E-state index in [1.807, 2.05) is 0 Å². The van der Waals surface area contributed by atoms with Gasteiger partial charge in [-0.1, -0.05) is 19.8 Å². The van der Waals surface area contributed by atoms with Gasteiger partial charge in [0.05, 0.1) is 5.60 Å². The Morgan fingerprint density at radius 3 is 2.82 bits per heavy atom. The topological polar surface area (TPSA) is 64.3 Å². The van der Waals surface area contributed by atoms with Gasteiger partial charge >= 0.3 is 0 Å². The number of rotatable bonds is 5. The summed E-state index contributed by atoms with van der Waals surface area (Å²) in [5, 5.41) is 2.94. The van der Waals surface area contributed by atoms with Crippen molar-refractivity contribution in [1.82, 2.24) is 5.32 Å². The van der Waals surface area contributed by atoms with Gasteiger partial charge in [-0.2, -0.15) is 0 Å². The molecule has 0 aromatic rings. The Morgan fingerprint density at radius 2 is 2.24 bits per heavy atom. The van der Waals surface area contributed by atoms with Gasteiger partial charge in [-0.3, -0.25) is 4.79 Å². The highest BCUT2D eigenvalue weighted by atomic mass is 16.5. The molecule has 0 aliphatic heterocycles. The van der Waals surface area contributed by atoms with Gasteiger partial charge in [0, 0.05) is 12.6 Å². The van der Waals surface area contributed by atoms with Crippen molar-refractivity contribution >= 4 is 5.91 Å². The van der Waals surface area contributed by atoms with E-state index in [0.717, 1.165) is 32.1 Å². The lowest BCUT2D eigenvalue weighted by Gasteiger charge is -2.38. The normalized spacial score (nSPS) is 33.4. The smallest absolute Gasteiger partial charge is 0.246 e. The summed E-state index contributed by atoms with van der Waals surface area (Å²) in [4.78, 5) is 11.6. The Hall–Kier alpha value is -0.610. The molecule has 2 unspecified atom stereocenters. The van der Waals surface area contributed by atoms with Crippen molar-refractivity contribution < 1.29 is 9.53 Å². The Bertz CT molecular complexity index is 279. The lowest BCUT2D eigenvalue weighted by Crippen LogP contribution is -2.46. The molecule has 0 saturated heterocycles. The zero-order valence-corrected chi connectivity index (χ0v) is 10.7. The first-order valence-corrected chi connectivity index (χ1v) is 6.77. The monoisotopic (exact) mass is 240 g/mol. The van der Waals surface area contributed by atoms with Crippen molar-refractivity contribution in [2.45, 2.75) is 57.1 Å². The van der Waals surface area contributed by atoms with Crippen LogP contribution in [0.4, 0.5) is 0 Å². The summed E-state index contributed by atoms with van der Waals surface area (Å²) in [6.45, 7) is 2.92. The minimum atomic E-state index is -0.251. The Morgan fingerprint density at radius 1 is 1.47 bits per heavy atom. The number of carbonyl (C=O) groups is 1. The van der Waals surface area contributed by atoms with Gasteiger partial charge in [-0.15, -0.1) is 0 Å². The van der Waals surface area contributed by atoms with Crippen molar-refractivity contribution in [2.24, 2.45) is 11.7 Å². The summed E-state index contributed by atoms with van der Waals surface area (Å²) >= 11 is 0. The first-order chi connectivity index (χ1) is 8.13. The molecule has 2 saturated carbocycles. The fraction of sp³-hybridized carbons (Fsp3) is 0.923. The van der Waals surface area contributed by atoms with E-state index in [2.05, 4.69) is 12.2 Å². The number of ether oxygens (including phenoxy) is 1. The maximum absolute atomic E-state index is 11.6. The van der Waals surface area contributed by atoms with Crippen molar-refractivity contribution in [3.05, 3.63) is 0 Å². The van der Waals surface area contributed by atoms with Crippen molar-refractivity contribution in [2.75, 3.05) is 13.2 Å². The third-order valence-corrected chi connectivity index (χ3v) is 3.87. The molecule has 3 N–H and O–H groups in total. The Kier molecular flexibility index (Phi) is 4.05. The van der Waals surface area contributed by atoms with Crippen LogP contribution in [0.15, 0.2) is 0 Å². The number of hydrogen-bond acceptors (Lipinski definition) is 3. The predicted molar refractivity (Wildman–Crippen MR) is 66.5 cm³/mol. The number of nitrogens with one attached hydrogen (secondary N) is 1. The largest absolute Gasteiger partial charge is 0.364 e. The molecule has 0 spiro atoms. The third kappa shape index (κ3) is 3.68. The average Bonchev–Trinajstić information content (AvgIpc) is 3.10. The standard InChI is InChI=1S/C13H24N2O2/c1-10-3-2-6-13(7-10,9-14)17-8-12(16)15-11-4-5-11/h10-11H,2-9,14H2,1H3,(H,15,16). The van der Waals surface area contributed by atoms with E-state index in [9.17, 15) is 4.79 Å². The first kappa shape index (κ1) is 12.8. The van der Waals surface area contributed by atoms with Crippen LogP contribution in [0.1, 0.15) is 45.4 Å². The molecule has 0 bridgehead atoms. The molecule has 2 aliphatic rings. The van der Waals surface area contributed by atoms with E-state index in [1.54, 1.807) is 0 Å². The van der Waals surface area contributed by atoms with Gasteiger partial charge in [0.25, 0.3) is 0 Å². The van der Waals surface area contributed by atoms with Crippen LogP contribution in [0.2, 0.25) is 0 Å². The molecule has 1 amide bonds.